The van der Waals surface area contributed by atoms with Gasteiger partial charge in [-0.25, -0.2) is 0 Å². The van der Waals surface area contributed by atoms with Crippen molar-refractivity contribution in [1.29, 1.82) is 0 Å². The van der Waals surface area contributed by atoms with E-state index >= 15 is 0 Å². The summed E-state index contributed by atoms with van der Waals surface area (Å²) in [5, 5.41) is 4.84. The van der Waals surface area contributed by atoms with Crippen LogP contribution >= 0.6 is 11.6 Å². The lowest BCUT2D eigenvalue weighted by atomic mass is 9.78. The molecular weight excluding hydrogens is 272 g/mol. The summed E-state index contributed by atoms with van der Waals surface area (Å²) in [6.07, 6.45) is 12.0. The number of ether oxygens (including phenoxy) is 1. The molecule has 1 saturated carbocycles. The Morgan fingerprint density at radius 2 is 2.00 bits per heavy atom. The van der Waals surface area contributed by atoms with Crippen LogP contribution in [-0.4, -0.2) is 28.9 Å². The van der Waals surface area contributed by atoms with Crippen LogP contribution in [0.3, 0.4) is 0 Å². The maximum Gasteiger partial charge on any atom is 0.0630 e. The first-order chi connectivity index (χ1) is 9.81. The molecule has 112 valence electrons. The molecule has 0 radical (unpaired) electrons. The lowest BCUT2D eigenvalue weighted by Crippen LogP contribution is -2.33. The maximum atomic E-state index is 6.25. The second kappa shape index (κ2) is 6.48. The first kappa shape index (κ1) is 14.4. The zero-order valence-corrected chi connectivity index (χ0v) is 12.9. The van der Waals surface area contributed by atoms with Crippen molar-refractivity contribution in [3.63, 3.8) is 0 Å². The first-order valence-corrected chi connectivity index (χ1v) is 8.53. The van der Waals surface area contributed by atoms with Gasteiger partial charge >= 0.3 is 0 Å². The Hall–Kier alpha value is -0.540. The van der Waals surface area contributed by atoms with E-state index in [0.29, 0.717) is 11.9 Å². The van der Waals surface area contributed by atoms with Crippen LogP contribution in [-0.2, 0) is 11.2 Å². The van der Waals surface area contributed by atoms with E-state index in [9.17, 15) is 0 Å². The molecule has 2 aliphatic rings. The molecule has 0 aromatic carbocycles. The fraction of sp³-hybridized carbons (Fsp3) is 0.812. The number of alkyl halides is 1. The molecule has 0 spiro atoms. The summed E-state index contributed by atoms with van der Waals surface area (Å²) in [6, 6.07) is 2.82. The minimum atomic E-state index is 0.200. The average molecular weight is 297 g/mol. The molecular formula is C16H25ClN2O. The zero-order valence-electron chi connectivity index (χ0n) is 12.2. The average Bonchev–Trinajstić information content (AvgIpc) is 2.97. The quantitative estimate of drug-likeness (QED) is 0.786. The molecule has 1 aromatic rings. The SMILES string of the molecule is ClCC1(Cc2ccn(C3CCCCC3)n2)CCOCC1. The normalized spacial score (nSPS) is 23.9. The van der Waals surface area contributed by atoms with Gasteiger partial charge in [0.2, 0.25) is 0 Å². The van der Waals surface area contributed by atoms with E-state index in [0.717, 1.165) is 32.5 Å². The molecule has 1 aliphatic carbocycles. The Labute approximate surface area is 126 Å². The van der Waals surface area contributed by atoms with Gasteiger partial charge in [0.1, 0.15) is 0 Å². The van der Waals surface area contributed by atoms with Crippen LogP contribution < -0.4 is 0 Å². The largest absolute Gasteiger partial charge is 0.381 e. The van der Waals surface area contributed by atoms with Crippen molar-refractivity contribution in [2.45, 2.75) is 57.4 Å². The maximum absolute atomic E-state index is 6.25. The summed E-state index contributed by atoms with van der Waals surface area (Å²) in [5.74, 6) is 0.715. The Morgan fingerprint density at radius 1 is 1.25 bits per heavy atom. The van der Waals surface area contributed by atoms with E-state index < -0.39 is 0 Å². The van der Waals surface area contributed by atoms with Gasteiger partial charge in [-0.1, -0.05) is 19.3 Å². The smallest absolute Gasteiger partial charge is 0.0630 e. The lowest BCUT2D eigenvalue weighted by Gasteiger charge is -2.34. The summed E-state index contributed by atoms with van der Waals surface area (Å²) in [5.41, 5.74) is 1.41. The highest BCUT2D eigenvalue weighted by molar-refractivity contribution is 6.18. The van der Waals surface area contributed by atoms with Crippen molar-refractivity contribution in [3.8, 4) is 0 Å². The number of halogens is 1. The fourth-order valence-corrected chi connectivity index (χ4v) is 3.93. The van der Waals surface area contributed by atoms with Crippen LogP contribution in [0.4, 0.5) is 0 Å². The molecule has 1 aromatic heterocycles. The minimum absolute atomic E-state index is 0.200. The molecule has 2 heterocycles. The number of rotatable bonds is 4. The minimum Gasteiger partial charge on any atom is -0.381 e. The topological polar surface area (TPSA) is 27.1 Å². The molecule has 1 aliphatic heterocycles. The molecule has 3 nitrogen and oxygen atoms in total. The van der Waals surface area contributed by atoms with E-state index in [1.807, 2.05) is 0 Å². The Morgan fingerprint density at radius 3 is 2.70 bits per heavy atom. The summed E-state index contributed by atoms with van der Waals surface area (Å²) in [7, 11) is 0. The third kappa shape index (κ3) is 3.20. The van der Waals surface area contributed by atoms with E-state index in [4.69, 9.17) is 21.4 Å². The monoisotopic (exact) mass is 296 g/mol. The highest BCUT2D eigenvalue weighted by atomic mass is 35.5. The Balaban J connectivity index is 1.66. The standard InChI is InChI=1S/C16H25ClN2O/c17-13-16(7-10-20-11-8-16)12-14-6-9-19(18-14)15-4-2-1-3-5-15/h6,9,15H,1-5,7-8,10-13H2. The second-order valence-electron chi connectivity index (χ2n) is 6.50. The summed E-state index contributed by atoms with van der Waals surface area (Å²) >= 11 is 6.25. The molecule has 2 fully saturated rings. The molecule has 0 atom stereocenters. The van der Waals surface area contributed by atoms with Gasteiger partial charge in [0.25, 0.3) is 0 Å². The highest BCUT2D eigenvalue weighted by Crippen LogP contribution is 2.35. The van der Waals surface area contributed by atoms with Crippen LogP contribution in [0.1, 0.15) is 56.7 Å². The molecule has 20 heavy (non-hydrogen) atoms. The van der Waals surface area contributed by atoms with Gasteiger partial charge in [-0.15, -0.1) is 11.6 Å². The number of aromatic nitrogens is 2. The van der Waals surface area contributed by atoms with Crippen LogP contribution in [0.25, 0.3) is 0 Å². The third-order valence-corrected chi connectivity index (χ3v) is 5.57. The van der Waals surface area contributed by atoms with E-state index in [-0.39, 0.29) is 5.41 Å². The Bertz CT molecular complexity index is 420. The van der Waals surface area contributed by atoms with Gasteiger partial charge in [-0.2, -0.15) is 5.10 Å². The third-order valence-electron chi connectivity index (χ3n) is 5.01. The van der Waals surface area contributed by atoms with E-state index in [1.54, 1.807) is 0 Å². The van der Waals surface area contributed by atoms with Gasteiger partial charge in [-0.05, 0) is 43.6 Å². The van der Waals surface area contributed by atoms with Gasteiger partial charge in [0, 0.05) is 25.3 Å². The van der Waals surface area contributed by atoms with E-state index in [1.165, 1.54) is 37.8 Å². The van der Waals surface area contributed by atoms with Crippen molar-refractivity contribution in [1.82, 2.24) is 9.78 Å². The van der Waals surface area contributed by atoms with Crippen molar-refractivity contribution >= 4 is 11.6 Å². The molecule has 0 unspecified atom stereocenters. The number of hydrogen-bond donors (Lipinski definition) is 0. The second-order valence-corrected chi connectivity index (χ2v) is 6.77. The fourth-order valence-electron chi connectivity index (χ4n) is 3.57. The van der Waals surface area contributed by atoms with E-state index in [2.05, 4.69) is 16.9 Å². The molecule has 4 heteroatoms. The molecule has 1 saturated heterocycles. The predicted octanol–water partition coefficient (Wildman–Crippen LogP) is 3.97. The molecule has 0 bridgehead atoms. The van der Waals surface area contributed by atoms with Gasteiger partial charge in [-0.3, -0.25) is 4.68 Å². The van der Waals surface area contributed by atoms with Crippen molar-refractivity contribution in [3.05, 3.63) is 18.0 Å². The summed E-state index contributed by atoms with van der Waals surface area (Å²) < 4.78 is 7.68. The van der Waals surface area contributed by atoms with Gasteiger partial charge in [0.15, 0.2) is 0 Å². The highest BCUT2D eigenvalue weighted by Gasteiger charge is 2.33. The van der Waals surface area contributed by atoms with Crippen molar-refractivity contribution in [2.75, 3.05) is 19.1 Å². The van der Waals surface area contributed by atoms with Gasteiger partial charge < -0.3 is 4.74 Å². The summed E-state index contributed by atoms with van der Waals surface area (Å²) in [4.78, 5) is 0. The number of nitrogens with zero attached hydrogens (tertiary/aromatic N) is 2. The summed E-state index contributed by atoms with van der Waals surface area (Å²) in [6.45, 7) is 1.69. The van der Waals surface area contributed by atoms with Crippen molar-refractivity contribution < 1.29 is 4.74 Å². The molecule has 0 amide bonds. The van der Waals surface area contributed by atoms with Crippen LogP contribution in [0.5, 0.6) is 0 Å². The number of hydrogen-bond acceptors (Lipinski definition) is 2. The van der Waals surface area contributed by atoms with Crippen LogP contribution in [0.2, 0.25) is 0 Å². The zero-order chi connectivity index (χ0) is 13.8. The van der Waals surface area contributed by atoms with Crippen molar-refractivity contribution in [2.24, 2.45) is 5.41 Å². The van der Waals surface area contributed by atoms with Crippen LogP contribution in [0, 0.1) is 5.41 Å². The predicted molar refractivity (Wildman–Crippen MR) is 81.3 cm³/mol. The first-order valence-electron chi connectivity index (χ1n) is 7.99. The lowest BCUT2D eigenvalue weighted by molar-refractivity contribution is 0.0252. The van der Waals surface area contributed by atoms with Crippen LogP contribution in [0.15, 0.2) is 12.3 Å². The molecule has 0 N–H and O–H groups in total. The molecule has 3 rings (SSSR count). The van der Waals surface area contributed by atoms with Gasteiger partial charge in [0.05, 0.1) is 11.7 Å². The Kier molecular flexibility index (Phi) is 4.67.